The van der Waals surface area contributed by atoms with Gasteiger partial charge in [0.05, 0.1) is 42.2 Å². The number of benzene rings is 1. The molecular formula is C27H26N2O8. The molecule has 2 aromatic heterocycles. The van der Waals surface area contributed by atoms with Crippen LogP contribution in [-0.4, -0.2) is 55.9 Å². The maximum absolute atomic E-state index is 13.5. The Morgan fingerprint density at radius 2 is 2.03 bits per heavy atom. The number of rotatable bonds is 5. The van der Waals surface area contributed by atoms with E-state index in [1.54, 1.807) is 23.6 Å². The van der Waals surface area contributed by atoms with Crippen LogP contribution in [0.4, 0.5) is 0 Å². The molecule has 0 saturated heterocycles. The average molecular weight is 507 g/mol. The quantitative estimate of drug-likeness (QED) is 0.269. The number of hydrogen-bond acceptors (Lipinski definition) is 9. The molecule has 0 amide bonds. The zero-order chi connectivity index (χ0) is 25.9. The Labute approximate surface area is 211 Å². The summed E-state index contributed by atoms with van der Waals surface area (Å²) in [5.74, 6) is -0.766. The molecule has 0 spiro atoms. The third-order valence-corrected chi connectivity index (χ3v) is 7.44. The van der Waals surface area contributed by atoms with Crippen LogP contribution in [0.25, 0.3) is 22.3 Å². The van der Waals surface area contributed by atoms with Crippen molar-refractivity contribution < 1.29 is 34.3 Å². The minimum absolute atomic E-state index is 0.0667. The number of para-hydroxylation sites is 1. The third-order valence-electron chi connectivity index (χ3n) is 7.44. The first kappa shape index (κ1) is 24.0. The number of carbonyl (C=O) groups is 1. The third kappa shape index (κ3) is 3.64. The molecule has 0 bridgehead atoms. The van der Waals surface area contributed by atoms with Crippen molar-refractivity contribution in [2.75, 3.05) is 6.61 Å². The fraction of sp³-hybridized carbons (Fsp3) is 0.370. The maximum Gasteiger partial charge on any atom is 0.343 e. The molecule has 3 aromatic rings. The highest BCUT2D eigenvalue weighted by molar-refractivity contribution is 5.89. The van der Waals surface area contributed by atoms with Crippen LogP contribution in [0.15, 0.2) is 47.3 Å². The minimum Gasteiger partial charge on any atom is -0.458 e. The molecule has 10 heteroatoms. The van der Waals surface area contributed by atoms with E-state index in [0.717, 1.165) is 16.5 Å². The SMILES string of the molecule is CC[C@@]1(O)C(=O)OCc2c1cc1n(c2=O)Cc2c-1nc1ccccc1c2COC1C=C[C@H](O)[C@@H](CO)O1. The molecule has 3 aliphatic heterocycles. The molecule has 6 rings (SSSR count). The number of ether oxygens (including phenoxy) is 3. The topological polar surface area (TPSA) is 140 Å². The Morgan fingerprint density at radius 1 is 1.22 bits per heavy atom. The average Bonchev–Trinajstić information content (AvgIpc) is 3.28. The monoisotopic (exact) mass is 506 g/mol. The molecule has 0 fully saturated rings. The molecule has 4 atom stereocenters. The molecule has 0 saturated carbocycles. The lowest BCUT2D eigenvalue weighted by Gasteiger charge is -2.31. The minimum atomic E-state index is -1.90. The highest BCUT2D eigenvalue weighted by atomic mass is 16.7. The molecule has 3 N–H and O–H groups in total. The van der Waals surface area contributed by atoms with Crippen molar-refractivity contribution in [3.63, 3.8) is 0 Å². The number of aliphatic hydroxyl groups excluding tert-OH is 2. The predicted molar refractivity (Wildman–Crippen MR) is 130 cm³/mol. The summed E-state index contributed by atoms with van der Waals surface area (Å²) in [6.45, 7) is 1.49. The van der Waals surface area contributed by atoms with Gasteiger partial charge in [-0.3, -0.25) is 4.79 Å². The largest absolute Gasteiger partial charge is 0.458 e. The number of nitrogens with zero attached hydrogens (tertiary/aromatic N) is 2. The van der Waals surface area contributed by atoms with Crippen LogP contribution < -0.4 is 5.56 Å². The molecule has 10 nitrogen and oxygen atoms in total. The second-order valence-corrected chi connectivity index (χ2v) is 9.45. The van der Waals surface area contributed by atoms with Crippen LogP contribution >= 0.6 is 0 Å². The fourth-order valence-corrected chi connectivity index (χ4v) is 5.32. The standard InChI is InChI=1S/C27H26N2O8/c1-2-27(34)18-9-20-24-15(10-29(20)25(32)17(18)13-36-26(27)33)16(14-5-3-4-6-19(14)28-24)12-35-23-8-7-21(31)22(11-30)37-23/h3-9,21-23,30-31,34H,2,10-13H2,1H3/t21-,22+,23?,27-/m0/s1. The van der Waals surface area contributed by atoms with E-state index in [1.165, 1.54) is 6.08 Å². The van der Waals surface area contributed by atoms with Gasteiger partial charge < -0.3 is 34.1 Å². The lowest BCUT2D eigenvalue weighted by molar-refractivity contribution is -0.184. The van der Waals surface area contributed by atoms with Crippen molar-refractivity contribution >= 4 is 16.9 Å². The van der Waals surface area contributed by atoms with E-state index in [0.29, 0.717) is 16.9 Å². The van der Waals surface area contributed by atoms with Gasteiger partial charge in [0.15, 0.2) is 11.9 Å². The predicted octanol–water partition coefficient (Wildman–Crippen LogP) is 1.23. The number of carbonyl (C=O) groups excluding carboxylic acids is 1. The van der Waals surface area contributed by atoms with Crippen LogP contribution in [0, 0.1) is 0 Å². The molecule has 0 aliphatic carbocycles. The van der Waals surface area contributed by atoms with E-state index in [2.05, 4.69) is 0 Å². The lowest BCUT2D eigenvalue weighted by atomic mass is 9.86. The summed E-state index contributed by atoms with van der Waals surface area (Å²) in [5, 5.41) is 31.3. The fourth-order valence-electron chi connectivity index (χ4n) is 5.32. The zero-order valence-electron chi connectivity index (χ0n) is 20.1. The van der Waals surface area contributed by atoms with Crippen LogP contribution in [-0.2, 0) is 44.4 Å². The summed E-state index contributed by atoms with van der Waals surface area (Å²) in [6.07, 6.45) is 0.715. The number of fused-ring (bicyclic) bond motifs is 5. The maximum atomic E-state index is 13.5. The van der Waals surface area contributed by atoms with Gasteiger partial charge in [-0.1, -0.05) is 31.2 Å². The number of cyclic esters (lactones) is 1. The number of aromatic nitrogens is 2. The smallest absolute Gasteiger partial charge is 0.343 e. The Balaban J connectivity index is 1.46. The van der Waals surface area contributed by atoms with Crippen LogP contribution in [0.5, 0.6) is 0 Å². The van der Waals surface area contributed by atoms with Gasteiger partial charge in [-0.15, -0.1) is 0 Å². The Morgan fingerprint density at radius 3 is 2.81 bits per heavy atom. The normalized spacial score (nSPS) is 26.1. The molecule has 37 heavy (non-hydrogen) atoms. The van der Waals surface area contributed by atoms with E-state index in [4.69, 9.17) is 19.2 Å². The van der Waals surface area contributed by atoms with E-state index in [1.807, 2.05) is 24.3 Å². The van der Waals surface area contributed by atoms with Crippen molar-refractivity contribution in [2.45, 2.75) is 57.2 Å². The molecule has 1 unspecified atom stereocenters. The second-order valence-electron chi connectivity index (χ2n) is 9.45. The highest BCUT2D eigenvalue weighted by Gasteiger charge is 2.45. The summed E-state index contributed by atoms with van der Waals surface area (Å²) in [5.41, 5.74) is 1.71. The van der Waals surface area contributed by atoms with E-state index >= 15 is 0 Å². The molecule has 192 valence electrons. The first-order chi connectivity index (χ1) is 17.9. The van der Waals surface area contributed by atoms with E-state index in [-0.39, 0.29) is 49.5 Å². The highest BCUT2D eigenvalue weighted by Crippen LogP contribution is 2.40. The van der Waals surface area contributed by atoms with Gasteiger partial charge >= 0.3 is 5.97 Å². The van der Waals surface area contributed by atoms with Gasteiger partial charge in [-0.2, -0.15) is 0 Å². The van der Waals surface area contributed by atoms with Crippen molar-refractivity contribution in [3.05, 3.63) is 75.1 Å². The van der Waals surface area contributed by atoms with Crippen molar-refractivity contribution in [1.82, 2.24) is 9.55 Å². The molecule has 1 aromatic carbocycles. The van der Waals surface area contributed by atoms with Crippen LogP contribution in [0.2, 0.25) is 0 Å². The van der Waals surface area contributed by atoms with E-state index in [9.17, 15) is 24.9 Å². The van der Waals surface area contributed by atoms with Crippen molar-refractivity contribution in [3.8, 4) is 11.4 Å². The molecule has 5 heterocycles. The number of esters is 1. The molecule has 0 radical (unpaired) electrons. The van der Waals surface area contributed by atoms with Crippen LogP contribution in [0.3, 0.4) is 0 Å². The summed E-state index contributed by atoms with van der Waals surface area (Å²) in [6, 6.07) is 9.24. The summed E-state index contributed by atoms with van der Waals surface area (Å²) in [7, 11) is 0. The first-order valence-corrected chi connectivity index (χ1v) is 12.2. The van der Waals surface area contributed by atoms with Gasteiger partial charge in [0, 0.05) is 16.5 Å². The Kier molecular flexibility index (Phi) is 5.74. The van der Waals surface area contributed by atoms with Gasteiger partial charge in [-0.05, 0) is 30.2 Å². The van der Waals surface area contributed by atoms with Crippen molar-refractivity contribution in [2.24, 2.45) is 0 Å². The molecular weight excluding hydrogens is 480 g/mol. The zero-order valence-corrected chi connectivity index (χ0v) is 20.1. The molecule has 3 aliphatic rings. The first-order valence-electron chi connectivity index (χ1n) is 12.2. The summed E-state index contributed by atoms with van der Waals surface area (Å²) in [4.78, 5) is 30.8. The Bertz CT molecular complexity index is 1510. The second kappa shape index (κ2) is 8.86. The number of pyridine rings is 2. The van der Waals surface area contributed by atoms with Gasteiger partial charge in [0.25, 0.3) is 5.56 Å². The lowest BCUT2D eigenvalue weighted by Crippen LogP contribution is -2.44. The van der Waals surface area contributed by atoms with Crippen LogP contribution in [0.1, 0.15) is 35.6 Å². The van der Waals surface area contributed by atoms with Gasteiger partial charge in [0.1, 0.15) is 18.8 Å². The van der Waals surface area contributed by atoms with E-state index < -0.39 is 30.1 Å². The number of hydrogen-bond donors (Lipinski definition) is 3. The van der Waals surface area contributed by atoms with Gasteiger partial charge in [0.2, 0.25) is 0 Å². The summed E-state index contributed by atoms with van der Waals surface area (Å²) >= 11 is 0. The number of aliphatic hydroxyl groups is 3. The Hall–Kier alpha value is -3.41. The van der Waals surface area contributed by atoms with Gasteiger partial charge in [-0.25, -0.2) is 9.78 Å². The summed E-state index contributed by atoms with van der Waals surface area (Å²) < 4.78 is 18.4. The van der Waals surface area contributed by atoms with Crippen molar-refractivity contribution in [1.29, 1.82) is 0 Å².